The fourth-order valence-electron chi connectivity index (χ4n) is 2.72. The highest BCUT2D eigenvalue weighted by molar-refractivity contribution is 5.98. The summed E-state index contributed by atoms with van der Waals surface area (Å²) < 4.78 is 10.8. The Morgan fingerprint density at radius 1 is 1.17 bits per heavy atom. The number of carbonyl (C=O) groups is 2. The van der Waals surface area contributed by atoms with Gasteiger partial charge < -0.3 is 19.7 Å². The first-order chi connectivity index (χ1) is 14.3. The number of aryl methyl sites for hydroxylation is 1. The van der Waals surface area contributed by atoms with Crippen molar-refractivity contribution in [2.75, 3.05) is 32.6 Å². The highest BCUT2D eigenvalue weighted by atomic mass is 16.5. The van der Waals surface area contributed by atoms with Crippen molar-refractivity contribution in [2.24, 2.45) is 0 Å². The zero-order chi connectivity index (χ0) is 22.1. The monoisotopic (exact) mass is 408 g/mol. The lowest BCUT2D eigenvalue weighted by molar-refractivity contribution is -0.129. The van der Waals surface area contributed by atoms with Crippen LogP contribution in [-0.2, 0) is 9.59 Å². The number of hydrogen-bond donors (Lipinski definition) is 1. The quantitative estimate of drug-likeness (QED) is 0.503. The van der Waals surface area contributed by atoms with E-state index in [9.17, 15) is 9.59 Å². The molecule has 0 aliphatic heterocycles. The topological polar surface area (TPSA) is 67.9 Å². The zero-order valence-corrected chi connectivity index (χ0v) is 17.9. The lowest BCUT2D eigenvalue weighted by Gasteiger charge is -2.16. The van der Waals surface area contributed by atoms with Gasteiger partial charge in [-0.2, -0.15) is 0 Å². The predicted molar refractivity (Wildman–Crippen MR) is 120 cm³/mol. The normalized spacial score (nSPS) is 10.5. The van der Waals surface area contributed by atoms with Crippen molar-refractivity contribution in [1.29, 1.82) is 0 Å². The van der Waals surface area contributed by atoms with Crippen molar-refractivity contribution in [2.45, 2.75) is 13.8 Å². The van der Waals surface area contributed by atoms with Gasteiger partial charge in [-0.15, -0.1) is 0 Å². The Labute approximate surface area is 177 Å². The molecular weight excluding hydrogens is 380 g/mol. The molecule has 0 saturated heterocycles. The molecule has 0 bridgehead atoms. The standard InChI is InChI=1S/C24H28N2O4/c1-6-14-30-21-12-10-19(15-22(21)29-5)11-13-24(28)26(4)16-23(27)25-20-9-7-8-17(2)18(20)3/h6-13,15H,1,14,16H2,2-5H3,(H,25,27)/b13-11+. The van der Waals surface area contributed by atoms with Gasteiger partial charge in [-0.25, -0.2) is 0 Å². The van der Waals surface area contributed by atoms with E-state index in [2.05, 4.69) is 11.9 Å². The molecule has 0 spiro atoms. The fraction of sp³-hybridized carbons (Fsp3) is 0.250. The van der Waals surface area contributed by atoms with Crippen LogP contribution in [0.4, 0.5) is 5.69 Å². The van der Waals surface area contributed by atoms with E-state index in [1.807, 2.05) is 38.1 Å². The maximum Gasteiger partial charge on any atom is 0.246 e. The minimum Gasteiger partial charge on any atom is -0.493 e. The van der Waals surface area contributed by atoms with Crippen molar-refractivity contribution in [3.8, 4) is 11.5 Å². The molecule has 0 aliphatic rings. The summed E-state index contributed by atoms with van der Waals surface area (Å²) in [6, 6.07) is 11.1. The molecular formula is C24H28N2O4. The van der Waals surface area contributed by atoms with E-state index in [1.54, 1.807) is 38.4 Å². The summed E-state index contributed by atoms with van der Waals surface area (Å²) in [4.78, 5) is 26.0. The Morgan fingerprint density at radius 2 is 1.93 bits per heavy atom. The number of hydrogen-bond acceptors (Lipinski definition) is 4. The Bertz CT molecular complexity index is 950. The first-order valence-corrected chi connectivity index (χ1v) is 9.56. The van der Waals surface area contributed by atoms with Gasteiger partial charge in [0.1, 0.15) is 6.61 Å². The number of anilines is 1. The summed E-state index contributed by atoms with van der Waals surface area (Å²) in [6.07, 6.45) is 4.74. The second-order valence-corrected chi connectivity index (χ2v) is 6.83. The number of amides is 2. The molecule has 1 N–H and O–H groups in total. The molecule has 0 radical (unpaired) electrons. The van der Waals surface area contributed by atoms with Crippen LogP contribution in [-0.4, -0.2) is 44.0 Å². The maximum atomic E-state index is 12.4. The average Bonchev–Trinajstić information content (AvgIpc) is 2.73. The van der Waals surface area contributed by atoms with Crippen LogP contribution in [0.25, 0.3) is 6.08 Å². The van der Waals surface area contributed by atoms with Crippen LogP contribution in [0.2, 0.25) is 0 Å². The van der Waals surface area contributed by atoms with E-state index in [-0.39, 0.29) is 18.4 Å². The zero-order valence-electron chi connectivity index (χ0n) is 17.9. The van der Waals surface area contributed by atoms with Gasteiger partial charge in [0, 0.05) is 18.8 Å². The SMILES string of the molecule is C=CCOc1ccc(/C=C/C(=O)N(C)CC(=O)Nc2cccc(C)c2C)cc1OC. The second-order valence-electron chi connectivity index (χ2n) is 6.83. The smallest absolute Gasteiger partial charge is 0.246 e. The van der Waals surface area contributed by atoms with E-state index < -0.39 is 0 Å². The molecule has 0 aromatic heterocycles. The van der Waals surface area contributed by atoms with Crippen LogP contribution in [0.5, 0.6) is 11.5 Å². The molecule has 2 aromatic rings. The Balaban J connectivity index is 1.97. The number of likely N-dealkylation sites (N-methyl/N-ethyl adjacent to an activating group) is 1. The van der Waals surface area contributed by atoms with Crippen molar-refractivity contribution >= 4 is 23.6 Å². The van der Waals surface area contributed by atoms with Gasteiger partial charge in [0.15, 0.2) is 11.5 Å². The molecule has 0 saturated carbocycles. The number of benzene rings is 2. The van der Waals surface area contributed by atoms with Gasteiger partial charge >= 0.3 is 0 Å². The summed E-state index contributed by atoms with van der Waals surface area (Å²) in [5, 5.41) is 2.85. The first kappa shape index (κ1) is 22.7. The highest BCUT2D eigenvalue weighted by Gasteiger charge is 2.12. The molecule has 2 rings (SSSR count). The van der Waals surface area contributed by atoms with Crippen LogP contribution < -0.4 is 14.8 Å². The predicted octanol–water partition coefficient (Wildman–Crippen LogP) is 3.99. The number of carbonyl (C=O) groups excluding carboxylic acids is 2. The van der Waals surface area contributed by atoms with Crippen LogP contribution in [0.1, 0.15) is 16.7 Å². The molecule has 2 amide bonds. The molecule has 6 heteroatoms. The Hall–Kier alpha value is -3.54. The van der Waals surface area contributed by atoms with Gasteiger partial charge in [0.25, 0.3) is 0 Å². The van der Waals surface area contributed by atoms with Crippen molar-refractivity contribution in [3.05, 3.63) is 71.8 Å². The van der Waals surface area contributed by atoms with Gasteiger partial charge in [0.05, 0.1) is 13.7 Å². The summed E-state index contributed by atoms with van der Waals surface area (Å²) >= 11 is 0. The maximum absolute atomic E-state index is 12.4. The third-order valence-corrected chi connectivity index (χ3v) is 4.60. The molecule has 2 aromatic carbocycles. The third-order valence-electron chi connectivity index (χ3n) is 4.60. The van der Waals surface area contributed by atoms with E-state index in [0.29, 0.717) is 18.1 Å². The van der Waals surface area contributed by atoms with Crippen LogP contribution in [0.15, 0.2) is 55.1 Å². The molecule has 0 unspecified atom stereocenters. The molecule has 0 fully saturated rings. The van der Waals surface area contributed by atoms with Crippen molar-refractivity contribution in [3.63, 3.8) is 0 Å². The summed E-state index contributed by atoms with van der Waals surface area (Å²) in [5.41, 5.74) is 3.63. The largest absolute Gasteiger partial charge is 0.493 e. The van der Waals surface area contributed by atoms with Crippen LogP contribution in [0.3, 0.4) is 0 Å². The molecule has 0 aliphatic carbocycles. The third kappa shape index (κ3) is 6.24. The molecule has 0 atom stereocenters. The van der Waals surface area contributed by atoms with Crippen molar-refractivity contribution < 1.29 is 19.1 Å². The summed E-state index contributed by atoms with van der Waals surface area (Å²) in [5.74, 6) is 0.629. The average molecular weight is 408 g/mol. The number of methoxy groups -OCH3 is 1. The second kappa shape index (κ2) is 10.9. The van der Waals surface area contributed by atoms with E-state index in [0.717, 1.165) is 22.4 Å². The Kier molecular flexibility index (Phi) is 8.23. The van der Waals surface area contributed by atoms with Gasteiger partial charge in [-0.1, -0.05) is 30.9 Å². The minimum atomic E-state index is -0.280. The summed E-state index contributed by atoms with van der Waals surface area (Å²) in [7, 11) is 3.14. The first-order valence-electron chi connectivity index (χ1n) is 9.56. The Morgan fingerprint density at radius 3 is 2.63 bits per heavy atom. The molecule has 6 nitrogen and oxygen atoms in total. The number of nitrogens with one attached hydrogen (secondary N) is 1. The van der Waals surface area contributed by atoms with E-state index >= 15 is 0 Å². The minimum absolute atomic E-state index is 0.0474. The fourth-order valence-corrected chi connectivity index (χ4v) is 2.72. The lowest BCUT2D eigenvalue weighted by atomic mass is 10.1. The van der Waals surface area contributed by atoms with Gasteiger partial charge in [0.2, 0.25) is 11.8 Å². The van der Waals surface area contributed by atoms with Gasteiger partial charge in [-0.3, -0.25) is 9.59 Å². The van der Waals surface area contributed by atoms with Crippen LogP contribution in [0, 0.1) is 13.8 Å². The van der Waals surface area contributed by atoms with Gasteiger partial charge in [-0.05, 0) is 54.8 Å². The molecule has 158 valence electrons. The number of ether oxygens (including phenoxy) is 2. The van der Waals surface area contributed by atoms with Crippen molar-refractivity contribution in [1.82, 2.24) is 4.90 Å². The van der Waals surface area contributed by atoms with Crippen LogP contribution >= 0.6 is 0 Å². The number of nitrogens with zero attached hydrogens (tertiary/aromatic N) is 1. The number of rotatable bonds is 9. The highest BCUT2D eigenvalue weighted by Crippen LogP contribution is 2.28. The molecule has 0 heterocycles. The summed E-state index contributed by atoms with van der Waals surface area (Å²) in [6.45, 7) is 7.88. The van der Waals surface area contributed by atoms with E-state index in [1.165, 1.54) is 11.0 Å². The van der Waals surface area contributed by atoms with E-state index in [4.69, 9.17) is 9.47 Å². The lowest BCUT2D eigenvalue weighted by Crippen LogP contribution is -2.34. The molecule has 30 heavy (non-hydrogen) atoms.